The molecule has 230 valence electrons. The molecular formula is C33H65N3O2S. The van der Waals surface area contributed by atoms with E-state index in [-0.39, 0.29) is 0 Å². The van der Waals surface area contributed by atoms with Crippen molar-refractivity contribution in [1.82, 2.24) is 15.1 Å². The van der Waals surface area contributed by atoms with Gasteiger partial charge in [-0.25, -0.2) is 0 Å². The molecule has 0 aromatic rings. The lowest BCUT2D eigenvalue weighted by Gasteiger charge is -2.23. The highest BCUT2D eigenvalue weighted by Gasteiger charge is 2.07. The highest BCUT2D eigenvalue weighted by molar-refractivity contribution is 7.80. The summed E-state index contributed by atoms with van der Waals surface area (Å²) in [6, 6.07) is 0. The summed E-state index contributed by atoms with van der Waals surface area (Å²) < 4.78 is 0. The molecule has 0 aliphatic rings. The molecule has 0 atom stereocenters. The van der Waals surface area contributed by atoms with E-state index in [1.165, 1.54) is 103 Å². The average molecular weight is 568 g/mol. The number of rotatable bonds is 29. The molecule has 5 nitrogen and oxygen atoms in total. The van der Waals surface area contributed by atoms with E-state index < -0.39 is 0 Å². The number of hydrogen-bond donors (Lipinski definition) is 1. The molecule has 0 aliphatic heterocycles. The van der Waals surface area contributed by atoms with Gasteiger partial charge in [-0.1, -0.05) is 90.4 Å². The summed E-state index contributed by atoms with van der Waals surface area (Å²) in [5.41, 5.74) is 0. The third-order valence-corrected chi connectivity index (χ3v) is 8.09. The van der Waals surface area contributed by atoms with Crippen LogP contribution in [0.4, 0.5) is 0 Å². The first-order valence-electron chi connectivity index (χ1n) is 16.6. The van der Waals surface area contributed by atoms with Crippen LogP contribution in [0.15, 0.2) is 0 Å². The summed E-state index contributed by atoms with van der Waals surface area (Å²) in [4.78, 5) is 27.8. The fraction of sp³-hybridized carbons (Fsp3) is 0.909. The molecule has 0 bridgehead atoms. The standard InChI is InChI=1S/C33H65N3O2S/c1-5-6-7-8-9-10-14-19-25-32(38)26-20-15-12-17-22-29-36(30-23-27-34-33(39)35(3)4)28-21-16-11-13-18-24-31(2)37/h5-30H2,1-4H3,(H,34,39). The minimum Gasteiger partial charge on any atom is -0.363 e. The summed E-state index contributed by atoms with van der Waals surface area (Å²) in [5.74, 6) is 0.796. The highest BCUT2D eigenvalue weighted by Crippen LogP contribution is 2.13. The van der Waals surface area contributed by atoms with E-state index in [4.69, 9.17) is 12.2 Å². The molecule has 6 heteroatoms. The molecule has 0 aliphatic carbocycles. The van der Waals surface area contributed by atoms with E-state index in [0.29, 0.717) is 11.6 Å². The van der Waals surface area contributed by atoms with Gasteiger partial charge in [-0.05, 0) is 77.3 Å². The molecule has 0 radical (unpaired) electrons. The molecule has 0 rings (SSSR count). The second-order valence-electron chi connectivity index (χ2n) is 11.8. The van der Waals surface area contributed by atoms with Crippen LogP contribution in [0.25, 0.3) is 0 Å². The van der Waals surface area contributed by atoms with E-state index >= 15 is 0 Å². The lowest BCUT2D eigenvalue weighted by atomic mass is 10.0. The first kappa shape index (κ1) is 38.0. The molecule has 0 aromatic carbocycles. The normalized spacial score (nSPS) is 11.2. The lowest BCUT2D eigenvalue weighted by molar-refractivity contribution is -0.119. The van der Waals surface area contributed by atoms with E-state index in [1.54, 1.807) is 6.92 Å². The molecular weight excluding hydrogens is 502 g/mol. The largest absolute Gasteiger partial charge is 0.363 e. The van der Waals surface area contributed by atoms with Gasteiger partial charge < -0.3 is 19.9 Å². The Balaban J connectivity index is 3.93. The fourth-order valence-corrected chi connectivity index (χ4v) is 5.10. The summed E-state index contributed by atoms with van der Waals surface area (Å²) in [6.45, 7) is 8.32. The Morgan fingerprint density at radius 2 is 1.00 bits per heavy atom. The minimum atomic E-state index is 0.314. The van der Waals surface area contributed by atoms with Gasteiger partial charge in [0.1, 0.15) is 11.6 Å². The van der Waals surface area contributed by atoms with Gasteiger partial charge >= 0.3 is 0 Å². The number of carbonyl (C=O) groups excluding carboxylic acids is 2. The van der Waals surface area contributed by atoms with Crippen LogP contribution < -0.4 is 5.32 Å². The Bertz CT molecular complexity index is 597. The Hall–Kier alpha value is -1.01. The van der Waals surface area contributed by atoms with Crippen molar-refractivity contribution in [3.05, 3.63) is 0 Å². The molecule has 0 heterocycles. The van der Waals surface area contributed by atoms with Gasteiger partial charge in [-0.3, -0.25) is 4.79 Å². The van der Waals surface area contributed by atoms with Crippen LogP contribution in [0, 0.1) is 0 Å². The topological polar surface area (TPSA) is 52.7 Å². The zero-order valence-electron chi connectivity index (χ0n) is 26.5. The maximum Gasteiger partial charge on any atom is 0.168 e. The molecule has 0 saturated carbocycles. The molecule has 1 N–H and O–H groups in total. The molecule has 0 saturated heterocycles. The molecule has 0 fully saturated rings. The summed E-state index contributed by atoms with van der Waals surface area (Å²) in [7, 11) is 3.95. The lowest BCUT2D eigenvalue weighted by Crippen LogP contribution is -2.36. The van der Waals surface area contributed by atoms with Gasteiger partial charge in [0.15, 0.2) is 5.11 Å². The number of thiocarbonyl (C=S) groups is 1. The smallest absolute Gasteiger partial charge is 0.168 e. The van der Waals surface area contributed by atoms with Gasteiger partial charge in [-0.15, -0.1) is 0 Å². The van der Waals surface area contributed by atoms with E-state index in [1.807, 2.05) is 19.0 Å². The van der Waals surface area contributed by atoms with Gasteiger partial charge in [0.2, 0.25) is 0 Å². The summed E-state index contributed by atoms with van der Waals surface area (Å²) >= 11 is 5.34. The van der Waals surface area contributed by atoms with Gasteiger partial charge in [0.05, 0.1) is 0 Å². The van der Waals surface area contributed by atoms with Crippen molar-refractivity contribution in [2.24, 2.45) is 0 Å². The zero-order valence-corrected chi connectivity index (χ0v) is 27.3. The monoisotopic (exact) mass is 567 g/mol. The summed E-state index contributed by atoms with van der Waals surface area (Å²) in [6.07, 6.45) is 25.8. The van der Waals surface area contributed by atoms with Crippen molar-refractivity contribution in [2.75, 3.05) is 40.3 Å². The van der Waals surface area contributed by atoms with E-state index in [9.17, 15) is 9.59 Å². The number of nitrogens with zero attached hydrogens (tertiary/aromatic N) is 2. The van der Waals surface area contributed by atoms with E-state index in [0.717, 1.165) is 69.7 Å². The maximum absolute atomic E-state index is 12.2. The number of hydrogen-bond acceptors (Lipinski definition) is 4. The fourth-order valence-electron chi connectivity index (χ4n) is 5.00. The van der Waals surface area contributed by atoms with Crippen molar-refractivity contribution >= 4 is 28.9 Å². The zero-order chi connectivity index (χ0) is 29.0. The second kappa shape index (κ2) is 28.5. The number of carbonyl (C=O) groups is 2. The maximum atomic E-state index is 12.2. The van der Waals surface area contributed by atoms with Crippen molar-refractivity contribution in [3.8, 4) is 0 Å². The molecule has 0 amide bonds. The molecule has 0 spiro atoms. The van der Waals surface area contributed by atoms with Crippen LogP contribution in [0.2, 0.25) is 0 Å². The van der Waals surface area contributed by atoms with Crippen molar-refractivity contribution in [1.29, 1.82) is 0 Å². The molecule has 0 aromatic heterocycles. The van der Waals surface area contributed by atoms with Crippen molar-refractivity contribution in [2.45, 2.75) is 155 Å². The Morgan fingerprint density at radius 1 is 0.590 bits per heavy atom. The Labute approximate surface area is 248 Å². The van der Waals surface area contributed by atoms with E-state index in [2.05, 4.69) is 17.1 Å². The SMILES string of the molecule is CCCCCCCCCCC(=O)CCCCCCCN(CCCCCCCC(C)=O)CCCNC(=S)N(C)C. The third kappa shape index (κ3) is 28.3. The predicted molar refractivity (Wildman–Crippen MR) is 174 cm³/mol. The highest BCUT2D eigenvalue weighted by atomic mass is 32.1. The van der Waals surface area contributed by atoms with Crippen LogP contribution in [-0.2, 0) is 9.59 Å². The number of ketones is 2. The molecule has 39 heavy (non-hydrogen) atoms. The third-order valence-electron chi connectivity index (χ3n) is 7.58. The molecule has 0 unspecified atom stereocenters. The van der Waals surface area contributed by atoms with Gasteiger partial charge in [-0.2, -0.15) is 0 Å². The van der Waals surface area contributed by atoms with Crippen LogP contribution in [-0.4, -0.2) is 66.8 Å². The number of Topliss-reactive ketones (excluding diaryl/α,β-unsaturated/α-hetero) is 2. The predicted octanol–water partition coefficient (Wildman–Crippen LogP) is 8.48. The number of unbranched alkanes of at least 4 members (excludes halogenated alkanes) is 15. The first-order valence-corrected chi connectivity index (χ1v) is 17.0. The first-order chi connectivity index (χ1) is 18.9. The van der Waals surface area contributed by atoms with Crippen LogP contribution >= 0.6 is 12.2 Å². The van der Waals surface area contributed by atoms with Crippen LogP contribution in [0.3, 0.4) is 0 Å². The van der Waals surface area contributed by atoms with Crippen LogP contribution in [0.5, 0.6) is 0 Å². The minimum absolute atomic E-state index is 0.314. The number of nitrogens with one attached hydrogen (secondary N) is 1. The van der Waals surface area contributed by atoms with Crippen molar-refractivity contribution < 1.29 is 9.59 Å². The van der Waals surface area contributed by atoms with Crippen LogP contribution in [0.1, 0.15) is 155 Å². The summed E-state index contributed by atoms with van der Waals surface area (Å²) in [5, 5.41) is 4.15. The van der Waals surface area contributed by atoms with Gasteiger partial charge in [0, 0.05) is 39.9 Å². The Kier molecular flexibility index (Phi) is 27.8. The van der Waals surface area contributed by atoms with Gasteiger partial charge in [0.25, 0.3) is 0 Å². The second-order valence-corrected chi connectivity index (χ2v) is 12.2. The average Bonchev–Trinajstić information content (AvgIpc) is 2.90. The van der Waals surface area contributed by atoms with Crippen molar-refractivity contribution in [3.63, 3.8) is 0 Å². The Morgan fingerprint density at radius 3 is 1.46 bits per heavy atom. The quantitative estimate of drug-likeness (QED) is 0.0722.